The first kappa shape index (κ1) is 15.9. The maximum absolute atomic E-state index is 11.8. The van der Waals surface area contributed by atoms with Gasteiger partial charge in [-0.2, -0.15) is 0 Å². The second-order valence-electron chi connectivity index (χ2n) is 4.54. The Morgan fingerprint density at radius 1 is 1.35 bits per heavy atom. The van der Waals surface area contributed by atoms with Gasteiger partial charge in [0.15, 0.2) is 0 Å². The number of hydrogen-bond donors (Lipinski definition) is 1. The lowest BCUT2D eigenvalue weighted by Crippen LogP contribution is -2.33. The number of methoxy groups -OCH3 is 1. The van der Waals surface area contributed by atoms with Crippen molar-refractivity contribution in [3.63, 3.8) is 0 Å². The molecular weight excluding hydrogens is 262 g/mol. The zero-order valence-corrected chi connectivity index (χ0v) is 12.1. The number of aromatic amines is 1. The Hall–Kier alpha value is -2.18. The average molecular weight is 281 g/mol. The Kier molecular flexibility index (Phi) is 5.42. The predicted molar refractivity (Wildman–Crippen MR) is 72.3 cm³/mol. The van der Waals surface area contributed by atoms with Gasteiger partial charge in [0.1, 0.15) is 12.4 Å². The van der Waals surface area contributed by atoms with E-state index in [4.69, 9.17) is 0 Å². The summed E-state index contributed by atoms with van der Waals surface area (Å²) in [5.41, 5.74) is 0.892. The van der Waals surface area contributed by atoms with Crippen molar-refractivity contribution in [2.45, 2.75) is 26.7 Å². The zero-order chi connectivity index (χ0) is 15.3. The molecule has 0 bridgehead atoms. The van der Waals surface area contributed by atoms with Crippen molar-refractivity contribution in [1.29, 1.82) is 0 Å². The number of esters is 1. The number of hydrogen-bond acceptors (Lipinski definition) is 5. The highest BCUT2D eigenvalue weighted by Gasteiger charge is 2.15. The molecule has 1 amide bonds. The maximum atomic E-state index is 11.8. The SMILES string of the molecule is COC(=O)CN(C)C(=O)CCc1c(C)nc(C)[nH]c1=O. The summed E-state index contributed by atoms with van der Waals surface area (Å²) in [6.45, 7) is 3.34. The van der Waals surface area contributed by atoms with E-state index in [1.54, 1.807) is 13.8 Å². The number of H-pyrrole nitrogens is 1. The first-order valence-electron chi connectivity index (χ1n) is 6.22. The Morgan fingerprint density at radius 2 is 2.00 bits per heavy atom. The van der Waals surface area contributed by atoms with Crippen LogP contribution in [0, 0.1) is 13.8 Å². The fraction of sp³-hybridized carbons (Fsp3) is 0.538. The fourth-order valence-electron chi connectivity index (χ4n) is 1.81. The molecule has 20 heavy (non-hydrogen) atoms. The van der Waals surface area contributed by atoms with Gasteiger partial charge in [-0.1, -0.05) is 0 Å². The number of ether oxygens (including phenoxy) is 1. The van der Waals surface area contributed by atoms with Gasteiger partial charge in [-0.15, -0.1) is 0 Å². The summed E-state index contributed by atoms with van der Waals surface area (Å²) in [6, 6.07) is 0. The number of rotatable bonds is 5. The van der Waals surface area contributed by atoms with Gasteiger partial charge in [0.05, 0.1) is 7.11 Å². The lowest BCUT2D eigenvalue weighted by molar-refractivity contribution is -0.146. The zero-order valence-electron chi connectivity index (χ0n) is 12.1. The van der Waals surface area contributed by atoms with E-state index in [0.29, 0.717) is 23.5 Å². The van der Waals surface area contributed by atoms with Crippen molar-refractivity contribution < 1.29 is 14.3 Å². The van der Waals surface area contributed by atoms with E-state index in [-0.39, 0.29) is 24.4 Å². The van der Waals surface area contributed by atoms with Gasteiger partial charge in [-0.3, -0.25) is 14.4 Å². The fourth-order valence-corrected chi connectivity index (χ4v) is 1.81. The molecule has 0 aromatic carbocycles. The normalized spacial score (nSPS) is 10.2. The highest BCUT2D eigenvalue weighted by molar-refractivity contribution is 5.81. The summed E-state index contributed by atoms with van der Waals surface area (Å²) < 4.78 is 4.49. The minimum Gasteiger partial charge on any atom is -0.468 e. The molecule has 0 saturated carbocycles. The van der Waals surface area contributed by atoms with Crippen LogP contribution >= 0.6 is 0 Å². The highest BCUT2D eigenvalue weighted by atomic mass is 16.5. The molecule has 1 aromatic heterocycles. The Balaban J connectivity index is 2.66. The quantitative estimate of drug-likeness (QED) is 0.764. The van der Waals surface area contributed by atoms with Crippen LogP contribution in [0.5, 0.6) is 0 Å². The molecular formula is C13H19N3O4. The smallest absolute Gasteiger partial charge is 0.325 e. The van der Waals surface area contributed by atoms with Crippen molar-refractivity contribution in [3.05, 3.63) is 27.4 Å². The van der Waals surface area contributed by atoms with Gasteiger partial charge in [0.2, 0.25) is 5.91 Å². The van der Waals surface area contributed by atoms with Crippen molar-refractivity contribution >= 4 is 11.9 Å². The van der Waals surface area contributed by atoms with E-state index in [9.17, 15) is 14.4 Å². The molecule has 0 aliphatic rings. The molecule has 0 unspecified atom stereocenters. The molecule has 7 heteroatoms. The van der Waals surface area contributed by atoms with Crippen molar-refractivity contribution in [1.82, 2.24) is 14.9 Å². The molecule has 0 aliphatic carbocycles. The van der Waals surface area contributed by atoms with Gasteiger partial charge >= 0.3 is 5.97 Å². The highest BCUT2D eigenvalue weighted by Crippen LogP contribution is 2.04. The Labute approximate surface area is 117 Å². The number of carbonyl (C=O) groups excluding carboxylic acids is 2. The first-order chi connectivity index (χ1) is 9.35. The van der Waals surface area contributed by atoms with Crippen LogP contribution in [-0.2, 0) is 20.7 Å². The maximum Gasteiger partial charge on any atom is 0.325 e. The molecule has 0 aliphatic heterocycles. The summed E-state index contributed by atoms with van der Waals surface area (Å²) in [6.07, 6.45) is 0.431. The number of nitrogens with zero attached hydrogens (tertiary/aromatic N) is 2. The minimum absolute atomic E-state index is 0.100. The molecule has 0 radical (unpaired) electrons. The Morgan fingerprint density at radius 3 is 2.55 bits per heavy atom. The lowest BCUT2D eigenvalue weighted by atomic mass is 10.1. The van der Waals surface area contributed by atoms with Crippen molar-refractivity contribution in [2.24, 2.45) is 0 Å². The molecule has 1 rings (SSSR count). The van der Waals surface area contributed by atoms with Crippen molar-refractivity contribution in [2.75, 3.05) is 20.7 Å². The molecule has 0 fully saturated rings. The third-order valence-electron chi connectivity index (χ3n) is 2.95. The standard InChI is InChI=1S/C13H19N3O4/c1-8-10(13(19)15-9(2)14-8)5-6-11(17)16(3)7-12(18)20-4/h5-7H2,1-4H3,(H,14,15,19). The molecule has 0 spiro atoms. The number of amides is 1. The van der Waals surface area contributed by atoms with Gasteiger partial charge in [-0.05, 0) is 20.3 Å². The van der Waals surface area contributed by atoms with Crippen LogP contribution in [0.2, 0.25) is 0 Å². The van der Waals surface area contributed by atoms with E-state index in [1.165, 1.54) is 19.1 Å². The van der Waals surface area contributed by atoms with E-state index in [0.717, 1.165) is 0 Å². The van der Waals surface area contributed by atoms with Crippen LogP contribution in [0.25, 0.3) is 0 Å². The van der Waals surface area contributed by atoms with Crippen LogP contribution < -0.4 is 5.56 Å². The van der Waals surface area contributed by atoms with E-state index in [2.05, 4.69) is 14.7 Å². The minimum atomic E-state index is -0.480. The second-order valence-corrected chi connectivity index (χ2v) is 4.54. The summed E-state index contributed by atoms with van der Waals surface area (Å²) in [5.74, 6) is -0.160. The molecule has 1 heterocycles. The largest absolute Gasteiger partial charge is 0.468 e. The molecule has 7 nitrogen and oxygen atoms in total. The van der Waals surface area contributed by atoms with Crippen LogP contribution in [0.1, 0.15) is 23.5 Å². The van der Waals surface area contributed by atoms with Crippen LogP contribution in [0.3, 0.4) is 0 Å². The van der Waals surface area contributed by atoms with Gasteiger partial charge in [0, 0.05) is 24.7 Å². The van der Waals surface area contributed by atoms with E-state index >= 15 is 0 Å². The average Bonchev–Trinajstić information content (AvgIpc) is 2.36. The molecule has 110 valence electrons. The van der Waals surface area contributed by atoms with Crippen LogP contribution in [0.15, 0.2) is 4.79 Å². The molecule has 1 N–H and O–H groups in total. The lowest BCUT2D eigenvalue weighted by Gasteiger charge is -2.15. The van der Waals surface area contributed by atoms with Gasteiger partial charge in [0.25, 0.3) is 5.56 Å². The Bertz CT molecular complexity index is 565. The molecule has 0 atom stereocenters. The second kappa shape index (κ2) is 6.83. The van der Waals surface area contributed by atoms with E-state index in [1.807, 2.05) is 0 Å². The summed E-state index contributed by atoms with van der Waals surface area (Å²) in [5, 5.41) is 0. The summed E-state index contributed by atoms with van der Waals surface area (Å²) in [7, 11) is 2.78. The molecule has 1 aromatic rings. The van der Waals surface area contributed by atoms with Gasteiger partial charge in [-0.25, -0.2) is 4.98 Å². The number of aryl methyl sites for hydroxylation is 2. The first-order valence-corrected chi connectivity index (χ1v) is 6.22. The predicted octanol–water partition coefficient (Wildman–Crippen LogP) is -0.0493. The van der Waals surface area contributed by atoms with Crippen molar-refractivity contribution in [3.8, 4) is 0 Å². The number of nitrogens with one attached hydrogen (secondary N) is 1. The van der Waals surface area contributed by atoms with Crippen LogP contribution in [-0.4, -0.2) is 47.4 Å². The summed E-state index contributed by atoms with van der Waals surface area (Å²) >= 11 is 0. The van der Waals surface area contributed by atoms with Crippen LogP contribution in [0.4, 0.5) is 0 Å². The number of likely N-dealkylation sites (N-methyl/N-ethyl adjacent to an activating group) is 1. The summed E-state index contributed by atoms with van der Waals surface area (Å²) in [4.78, 5) is 42.7. The monoisotopic (exact) mass is 281 g/mol. The topological polar surface area (TPSA) is 92.4 Å². The molecule has 0 saturated heterocycles. The van der Waals surface area contributed by atoms with Gasteiger partial charge < -0.3 is 14.6 Å². The number of carbonyl (C=O) groups is 2. The third kappa shape index (κ3) is 4.18. The van der Waals surface area contributed by atoms with E-state index < -0.39 is 5.97 Å². The number of aromatic nitrogens is 2. The third-order valence-corrected chi connectivity index (χ3v) is 2.95.